The van der Waals surface area contributed by atoms with Gasteiger partial charge in [-0.05, 0) is 52.8 Å². The van der Waals surface area contributed by atoms with E-state index in [1.807, 2.05) is 36.4 Å². The van der Waals surface area contributed by atoms with E-state index in [1.165, 1.54) is 18.9 Å². The minimum absolute atomic E-state index is 0.0587. The topological polar surface area (TPSA) is 131 Å². The standard InChI is InChI=1S/C40H47FN4O5/c1-5-6-7-8-9-22-50-35-19-16-30(24-33(35)41)31-25-43-37(44-26-31)28-12-10-27(11-13-28)23-34(39(49)42-21-20-36(46)47)45-38(48)29-14-17-32(18-15-29)40(2,3)4/h10-19,24-26,34H,5-9,20-23H2,1-4H3,(H,42,49)(H,45,48)(H,46,47)/t34-/m0/s1. The number of carboxylic acids is 1. The fraction of sp³-hybridized carbons (Fsp3) is 0.375. The molecule has 0 saturated carbocycles. The Balaban J connectivity index is 1.40. The number of rotatable bonds is 17. The number of amides is 2. The Hall–Kier alpha value is -5.12. The van der Waals surface area contributed by atoms with Crippen molar-refractivity contribution in [1.29, 1.82) is 0 Å². The van der Waals surface area contributed by atoms with Crippen LogP contribution >= 0.6 is 0 Å². The molecular formula is C40H47FN4O5. The third-order valence-electron chi connectivity index (χ3n) is 8.35. The van der Waals surface area contributed by atoms with Crippen LogP contribution in [-0.4, -0.2) is 52.1 Å². The smallest absolute Gasteiger partial charge is 0.305 e. The van der Waals surface area contributed by atoms with Gasteiger partial charge in [-0.1, -0.05) is 95.8 Å². The molecule has 0 aliphatic heterocycles. The zero-order valence-corrected chi connectivity index (χ0v) is 29.3. The summed E-state index contributed by atoms with van der Waals surface area (Å²) in [5.41, 5.74) is 4.22. The average molecular weight is 683 g/mol. The van der Waals surface area contributed by atoms with Crippen molar-refractivity contribution in [1.82, 2.24) is 20.6 Å². The average Bonchev–Trinajstić information content (AvgIpc) is 3.10. The van der Waals surface area contributed by atoms with Crippen molar-refractivity contribution in [3.05, 3.63) is 102 Å². The van der Waals surface area contributed by atoms with Crippen molar-refractivity contribution < 1.29 is 28.6 Å². The number of carbonyl (C=O) groups excluding carboxylic acids is 2. The number of nitrogens with zero attached hydrogens (tertiary/aromatic N) is 2. The van der Waals surface area contributed by atoms with Gasteiger partial charge >= 0.3 is 5.97 Å². The minimum Gasteiger partial charge on any atom is -0.491 e. The van der Waals surface area contributed by atoms with Crippen LogP contribution in [0.5, 0.6) is 5.75 Å². The summed E-state index contributed by atoms with van der Waals surface area (Å²) in [6, 6.07) is 18.4. The van der Waals surface area contributed by atoms with Gasteiger partial charge in [0.1, 0.15) is 6.04 Å². The molecule has 9 nitrogen and oxygen atoms in total. The molecule has 1 heterocycles. The molecule has 3 aromatic carbocycles. The first-order valence-electron chi connectivity index (χ1n) is 17.2. The van der Waals surface area contributed by atoms with Crippen LogP contribution in [0, 0.1) is 5.82 Å². The Kier molecular flexibility index (Phi) is 13.6. The second kappa shape index (κ2) is 18.0. The molecule has 10 heteroatoms. The lowest BCUT2D eigenvalue weighted by atomic mass is 9.86. The van der Waals surface area contributed by atoms with Crippen LogP contribution in [0.15, 0.2) is 79.1 Å². The van der Waals surface area contributed by atoms with E-state index in [0.717, 1.165) is 36.0 Å². The summed E-state index contributed by atoms with van der Waals surface area (Å²) in [6.45, 7) is 8.85. The highest BCUT2D eigenvalue weighted by atomic mass is 19.1. The van der Waals surface area contributed by atoms with Crippen LogP contribution in [-0.2, 0) is 21.4 Å². The number of aliphatic carboxylic acids is 1. The van der Waals surface area contributed by atoms with Crippen molar-refractivity contribution in [2.75, 3.05) is 13.2 Å². The van der Waals surface area contributed by atoms with Gasteiger partial charge < -0.3 is 20.5 Å². The summed E-state index contributed by atoms with van der Waals surface area (Å²) >= 11 is 0. The lowest BCUT2D eigenvalue weighted by Crippen LogP contribution is -2.48. The van der Waals surface area contributed by atoms with E-state index in [1.54, 1.807) is 36.7 Å². The molecule has 4 rings (SSSR count). The highest BCUT2D eigenvalue weighted by molar-refractivity contribution is 5.97. The normalized spacial score (nSPS) is 11.9. The first kappa shape index (κ1) is 37.7. The Morgan fingerprint density at radius 1 is 0.860 bits per heavy atom. The van der Waals surface area contributed by atoms with Crippen LogP contribution in [0.25, 0.3) is 22.5 Å². The monoisotopic (exact) mass is 682 g/mol. The third kappa shape index (κ3) is 11.2. The predicted molar refractivity (Wildman–Crippen MR) is 192 cm³/mol. The molecule has 264 valence electrons. The fourth-order valence-electron chi connectivity index (χ4n) is 5.33. The largest absolute Gasteiger partial charge is 0.491 e. The molecule has 1 aromatic heterocycles. The van der Waals surface area contributed by atoms with Gasteiger partial charge in [0.15, 0.2) is 17.4 Å². The zero-order chi connectivity index (χ0) is 36.1. The summed E-state index contributed by atoms with van der Waals surface area (Å²) in [4.78, 5) is 46.2. The van der Waals surface area contributed by atoms with Crippen molar-refractivity contribution in [3.63, 3.8) is 0 Å². The van der Waals surface area contributed by atoms with Gasteiger partial charge in [0, 0.05) is 42.0 Å². The van der Waals surface area contributed by atoms with E-state index in [9.17, 15) is 18.8 Å². The van der Waals surface area contributed by atoms with Crippen molar-refractivity contribution in [2.24, 2.45) is 0 Å². The van der Waals surface area contributed by atoms with Gasteiger partial charge in [0.25, 0.3) is 5.91 Å². The molecule has 2 amide bonds. The molecule has 0 unspecified atom stereocenters. The van der Waals surface area contributed by atoms with Crippen LogP contribution in [0.1, 0.15) is 87.7 Å². The van der Waals surface area contributed by atoms with Crippen LogP contribution < -0.4 is 15.4 Å². The molecule has 1 atom stereocenters. The molecular weight excluding hydrogens is 635 g/mol. The van der Waals surface area contributed by atoms with Crippen molar-refractivity contribution in [3.8, 4) is 28.3 Å². The molecule has 0 fully saturated rings. The molecule has 50 heavy (non-hydrogen) atoms. The van der Waals surface area contributed by atoms with Gasteiger partial charge in [-0.3, -0.25) is 14.4 Å². The van der Waals surface area contributed by atoms with Crippen LogP contribution in [0.4, 0.5) is 4.39 Å². The maximum absolute atomic E-state index is 14.8. The molecule has 4 aromatic rings. The number of unbranched alkanes of at least 4 members (excludes halogenated alkanes) is 4. The molecule has 0 bridgehead atoms. The van der Waals surface area contributed by atoms with Gasteiger partial charge in [0.2, 0.25) is 5.91 Å². The Bertz CT molecular complexity index is 1720. The summed E-state index contributed by atoms with van der Waals surface area (Å²) in [5.74, 6) is -1.65. The maximum Gasteiger partial charge on any atom is 0.305 e. The number of carbonyl (C=O) groups is 3. The van der Waals surface area contributed by atoms with E-state index >= 15 is 0 Å². The summed E-state index contributed by atoms with van der Waals surface area (Å²) in [5, 5.41) is 14.4. The molecule has 0 saturated heterocycles. The summed E-state index contributed by atoms with van der Waals surface area (Å²) in [7, 11) is 0. The van der Waals surface area contributed by atoms with Gasteiger partial charge in [0.05, 0.1) is 13.0 Å². The Morgan fingerprint density at radius 3 is 2.14 bits per heavy atom. The van der Waals surface area contributed by atoms with E-state index < -0.39 is 29.6 Å². The van der Waals surface area contributed by atoms with Crippen molar-refractivity contribution in [2.45, 2.75) is 84.1 Å². The second-order valence-electron chi connectivity index (χ2n) is 13.4. The molecule has 3 N–H and O–H groups in total. The van der Waals surface area contributed by atoms with Gasteiger partial charge in [-0.2, -0.15) is 0 Å². The van der Waals surface area contributed by atoms with E-state index in [-0.39, 0.29) is 30.6 Å². The van der Waals surface area contributed by atoms with Crippen LogP contribution in [0.3, 0.4) is 0 Å². The molecule has 0 spiro atoms. The number of ether oxygens (including phenoxy) is 1. The fourth-order valence-corrected chi connectivity index (χ4v) is 5.33. The molecule has 0 radical (unpaired) electrons. The van der Waals surface area contributed by atoms with Gasteiger partial charge in [-0.25, -0.2) is 14.4 Å². The third-order valence-corrected chi connectivity index (χ3v) is 8.35. The highest BCUT2D eigenvalue weighted by Crippen LogP contribution is 2.27. The van der Waals surface area contributed by atoms with Crippen molar-refractivity contribution >= 4 is 17.8 Å². The first-order chi connectivity index (χ1) is 23.9. The SMILES string of the molecule is CCCCCCCOc1ccc(-c2cnc(-c3ccc(C[C@H](NC(=O)c4ccc(C(C)(C)C)cc4)C(=O)NCCC(=O)O)cc3)nc2)cc1F. The highest BCUT2D eigenvalue weighted by Gasteiger charge is 2.23. The van der Waals surface area contributed by atoms with E-state index in [0.29, 0.717) is 29.1 Å². The second-order valence-corrected chi connectivity index (χ2v) is 13.4. The predicted octanol–water partition coefficient (Wildman–Crippen LogP) is 7.53. The molecule has 0 aliphatic rings. The lowest BCUT2D eigenvalue weighted by Gasteiger charge is -2.20. The minimum atomic E-state index is -1.03. The zero-order valence-electron chi connectivity index (χ0n) is 29.3. The molecule has 0 aliphatic carbocycles. The quantitative estimate of drug-likeness (QED) is 0.0982. The van der Waals surface area contributed by atoms with Gasteiger partial charge in [-0.15, -0.1) is 0 Å². The maximum atomic E-state index is 14.8. The number of hydrogen-bond donors (Lipinski definition) is 3. The summed E-state index contributed by atoms with van der Waals surface area (Å²) < 4.78 is 20.4. The summed E-state index contributed by atoms with van der Waals surface area (Å²) in [6.07, 6.45) is 8.71. The van der Waals surface area contributed by atoms with Crippen LogP contribution in [0.2, 0.25) is 0 Å². The lowest BCUT2D eigenvalue weighted by molar-refractivity contribution is -0.137. The van der Waals surface area contributed by atoms with E-state index in [4.69, 9.17) is 9.84 Å². The van der Waals surface area contributed by atoms with E-state index in [2.05, 4.69) is 48.3 Å². The number of nitrogens with one attached hydrogen (secondary N) is 2. The number of hydrogen-bond acceptors (Lipinski definition) is 6. The number of carboxylic acid groups (broad SMARTS) is 1. The number of aromatic nitrogens is 2. The number of halogens is 1. The first-order valence-corrected chi connectivity index (χ1v) is 17.2. The Labute approximate surface area is 293 Å². The Morgan fingerprint density at radius 2 is 1.52 bits per heavy atom. The number of benzene rings is 3.